The van der Waals surface area contributed by atoms with Crippen LogP contribution in [0, 0.1) is 0 Å². The minimum absolute atomic E-state index is 0.0310. The van der Waals surface area contributed by atoms with Crippen molar-refractivity contribution in [3.8, 4) is 11.5 Å². The number of phenols is 2. The van der Waals surface area contributed by atoms with Crippen LogP contribution in [0.4, 0.5) is 0 Å². The van der Waals surface area contributed by atoms with Crippen LogP contribution in [0.2, 0.25) is 0 Å². The van der Waals surface area contributed by atoms with Gasteiger partial charge >= 0.3 is 0 Å². The molecule has 5 heteroatoms. The number of phenolic OH excluding ortho intramolecular Hbond substituents is 2. The smallest absolute Gasteiger partial charge is 0.124 e. The lowest BCUT2D eigenvalue weighted by Gasteiger charge is -2.19. The molecule has 2 aromatic carbocycles. The summed E-state index contributed by atoms with van der Waals surface area (Å²) in [5.74, 6) is 0.496. The standard InChI is InChI=1S/C26H37N3O2/c1-25(2,3)21-7-9-23(30)19(15-21)17-28-13-11-27-12-14-29-18-20-16-22(26(4,5)6)8-10-24(20)31/h7-10,15-18,27,30-31H,11-14H2,1-6H3. The zero-order chi connectivity index (χ0) is 23.1. The maximum Gasteiger partial charge on any atom is 0.124 e. The van der Waals surface area contributed by atoms with Crippen molar-refractivity contribution >= 4 is 12.4 Å². The number of aliphatic imine (C=N–C) groups is 2. The van der Waals surface area contributed by atoms with Gasteiger partial charge in [-0.3, -0.25) is 9.98 Å². The highest BCUT2D eigenvalue weighted by Gasteiger charge is 2.15. The molecule has 2 aromatic rings. The van der Waals surface area contributed by atoms with Gasteiger partial charge in [0.2, 0.25) is 0 Å². The van der Waals surface area contributed by atoms with Crippen LogP contribution in [0.5, 0.6) is 11.5 Å². The SMILES string of the molecule is CC(C)(C)c1ccc(O)c(C=NCCNCCN=Cc2cc(C(C)(C)C)ccc2O)c1. The highest BCUT2D eigenvalue weighted by Crippen LogP contribution is 2.27. The summed E-state index contributed by atoms with van der Waals surface area (Å²) in [6, 6.07) is 11.3. The highest BCUT2D eigenvalue weighted by molar-refractivity contribution is 5.84. The fourth-order valence-corrected chi connectivity index (χ4v) is 2.99. The molecule has 3 N–H and O–H groups in total. The van der Waals surface area contributed by atoms with E-state index in [1.807, 2.05) is 24.3 Å². The predicted molar refractivity (Wildman–Crippen MR) is 131 cm³/mol. The van der Waals surface area contributed by atoms with Gasteiger partial charge in [0.1, 0.15) is 11.5 Å². The van der Waals surface area contributed by atoms with Crippen LogP contribution in [0.1, 0.15) is 63.8 Å². The van der Waals surface area contributed by atoms with E-state index in [4.69, 9.17) is 0 Å². The molecular weight excluding hydrogens is 386 g/mol. The zero-order valence-electron chi connectivity index (χ0n) is 19.7. The fourth-order valence-electron chi connectivity index (χ4n) is 2.99. The normalized spacial score (nSPS) is 12.8. The molecule has 0 amide bonds. The lowest BCUT2D eigenvalue weighted by molar-refractivity contribution is 0.472. The van der Waals surface area contributed by atoms with E-state index in [0.717, 1.165) is 24.2 Å². The van der Waals surface area contributed by atoms with Crippen molar-refractivity contribution < 1.29 is 10.2 Å². The Kier molecular flexibility index (Phi) is 8.40. The molecule has 0 aliphatic heterocycles. The first-order chi connectivity index (χ1) is 14.5. The summed E-state index contributed by atoms with van der Waals surface area (Å²) >= 11 is 0. The topological polar surface area (TPSA) is 77.2 Å². The Balaban J connectivity index is 1.76. The monoisotopic (exact) mass is 423 g/mol. The number of hydrogen-bond acceptors (Lipinski definition) is 5. The van der Waals surface area contributed by atoms with Gasteiger partial charge in [0.05, 0.1) is 13.1 Å². The first kappa shape index (κ1) is 24.6. The van der Waals surface area contributed by atoms with Crippen molar-refractivity contribution in [1.29, 1.82) is 0 Å². The molecule has 0 saturated carbocycles. The maximum atomic E-state index is 10.0. The van der Waals surface area contributed by atoms with Crippen LogP contribution in [0.3, 0.4) is 0 Å². The average Bonchev–Trinajstić information content (AvgIpc) is 2.67. The Morgan fingerprint density at radius 3 is 1.45 bits per heavy atom. The van der Waals surface area contributed by atoms with Crippen LogP contribution in [0.15, 0.2) is 46.4 Å². The second-order valence-corrected chi connectivity index (χ2v) is 9.87. The molecule has 0 bridgehead atoms. The van der Waals surface area contributed by atoms with Crippen LogP contribution in [-0.2, 0) is 10.8 Å². The molecule has 0 aromatic heterocycles. The first-order valence-electron chi connectivity index (χ1n) is 10.9. The van der Waals surface area contributed by atoms with Gasteiger partial charge < -0.3 is 15.5 Å². The summed E-state index contributed by atoms with van der Waals surface area (Å²) in [6.45, 7) is 15.6. The molecule has 0 saturated heterocycles. The Labute approximate surface area is 187 Å². The summed E-state index contributed by atoms with van der Waals surface area (Å²) in [7, 11) is 0. The zero-order valence-corrected chi connectivity index (χ0v) is 19.7. The number of hydrogen-bond donors (Lipinski definition) is 3. The molecular formula is C26H37N3O2. The Hall–Kier alpha value is -2.66. The highest BCUT2D eigenvalue weighted by atomic mass is 16.3. The molecule has 0 aliphatic carbocycles. The molecule has 0 unspecified atom stereocenters. The van der Waals surface area contributed by atoms with Crippen molar-refractivity contribution in [1.82, 2.24) is 5.32 Å². The van der Waals surface area contributed by atoms with Gasteiger partial charge in [0, 0.05) is 36.6 Å². The number of nitrogens with one attached hydrogen (secondary N) is 1. The van der Waals surface area contributed by atoms with Gasteiger partial charge in [-0.05, 0) is 46.2 Å². The van der Waals surface area contributed by atoms with Crippen molar-refractivity contribution in [3.63, 3.8) is 0 Å². The van der Waals surface area contributed by atoms with Crippen LogP contribution in [0.25, 0.3) is 0 Å². The fraction of sp³-hybridized carbons (Fsp3) is 0.462. The summed E-state index contributed by atoms with van der Waals surface area (Å²) in [4.78, 5) is 8.83. The van der Waals surface area contributed by atoms with Crippen molar-refractivity contribution in [3.05, 3.63) is 58.7 Å². The van der Waals surface area contributed by atoms with Crippen molar-refractivity contribution in [2.45, 2.75) is 52.4 Å². The summed E-state index contributed by atoms with van der Waals surface area (Å²) in [5, 5.41) is 23.4. The molecule has 0 heterocycles. The number of nitrogens with zero attached hydrogens (tertiary/aromatic N) is 2. The predicted octanol–water partition coefficient (Wildman–Crippen LogP) is 4.82. The summed E-state index contributed by atoms with van der Waals surface area (Å²) in [5.41, 5.74) is 3.89. The van der Waals surface area contributed by atoms with Crippen molar-refractivity contribution in [2.24, 2.45) is 9.98 Å². The van der Waals surface area contributed by atoms with Crippen LogP contribution >= 0.6 is 0 Å². The quantitative estimate of drug-likeness (QED) is 0.421. The van der Waals surface area contributed by atoms with Gasteiger partial charge in [0.15, 0.2) is 0 Å². The molecule has 5 nitrogen and oxygen atoms in total. The van der Waals surface area contributed by atoms with Gasteiger partial charge in [-0.2, -0.15) is 0 Å². The molecule has 2 rings (SSSR count). The van der Waals surface area contributed by atoms with Crippen molar-refractivity contribution in [2.75, 3.05) is 26.2 Å². The molecule has 0 atom stereocenters. The van der Waals surface area contributed by atoms with Gasteiger partial charge in [0.25, 0.3) is 0 Å². The maximum absolute atomic E-state index is 10.0. The number of aromatic hydroxyl groups is 2. The second kappa shape index (κ2) is 10.6. The summed E-state index contributed by atoms with van der Waals surface area (Å²) in [6.07, 6.45) is 3.46. The molecule has 0 spiro atoms. The van der Waals surface area contributed by atoms with E-state index in [-0.39, 0.29) is 22.3 Å². The van der Waals surface area contributed by atoms with Crippen LogP contribution < -0.4 is 5.32 Å². The Morgan fingerprint density at radius 2 is 1.10 bits per heavy atom. The number of rotatable bonds is 8. The Bertz CT molecular complexity index is 844. The van der Waals surface area contributed by atoms with E-state index in [2.05, 4.69) is 56.8 Å². The van der Waals surface area contributed by atoms with E-state index in [9.17, 15) is 10.2 Å². The van der Waals surface area contributed by atoms with Gasteiger partial charge in [-0.1, -0.05) is 53.7 Å². The third kappa shape index (κ3) is 7.83. The number of benzene rings is 2. The molecule has 0 radical (unpaired) electrons. The third-order valence-corrected chi connectivity index (χ3v) is 5.08. The van der Waals surface area contributed by atoms with E-state index in [1.54, 1.807) is 24.6 Å². The molecule has 0 aliphatic rings. The molecule has 31 heavy (non-hydrogen) atoms. The lowest BCUT2D eigenvalue weighted by atomic mass is 9.86. The van der Waals surface area contributed by atoms with E-state index >= 15 is 0 Å². The van der Waals surface area contributed by atoms with Gasteiger partial charge in [-0.15, -0.1) is 0 Å². The van der Waals surface area contributed by atoms with Gasteiger partial charge in [-0.25, -0.2) is 0 Å². The minimum Gasteiger partial charge on any atom is -0.507 e. The minimum atomic E-state index is 0.0310. The second-order valence-electron chi connectivity index (χ2n) is 9.87. The van der Waals surface area contributed by atoms with E-state index < -0.39 is 0 Å². The first-order valence-corrected chi connectivity index (χ1v) is 10.9. The largest absolute Gasteiger partial charge is 0.507 e. The lowest BCUT2D eigenvalue weighted by Crippen LogP contribution is -2.21. The van der Waals surface area contributed by atoms with E-state index in [1.165, 1.54) is 11.1 Å². The average molecular weight is 424 g/mol. The van der Waals surface area contributed by atoms with E-state index in [0.29, 0.717) is 13.1 Å². The van der Waals surface area contributed by atoms with Crippen LogP contribution in [-0.4, -0.2) is 48.8 Å². The molecule has 0 fully saturated rings. The molecule has 168 valence electrons. The Morgan fingerprint density at radius 1 is 0.710 bits per heavy atom. The third-order valence-electron chi connectivity index (χ3n) is 5.08. The summed E-state index contributed by atoms with van der Waals surface area (Å²) < 4.78 is 0.